The van der Waals surface area contributed by atoms with E-state index in [0.717, 1.165) is 36.1 Å². The van der Waals surface area contributed by atoms with Crippen LogP contribution < -0.4 is 0 Å². The minimum absolute atomic E-state index is 0.0208. The highest BCUT2D eigenvalue weighted by Gasteiger charge is 2.44. The van der Waals surface area contributed by atoms with Crippen molar-refractivity contribution in [3.8, 4) is 0 Å². The van der Waals surface area contributed by atoms with Gasteiger partial charge < -0.3 is 9.47 Å². The topological polar surface area (TPSA) is 74.7 Å². The van der Waals surface area contributed by atoms with Crippen molar-refractivity contribution in [3.63, 3.8) is 0 Å². The molecule has 150 valence electrons. The number of fused-ring (bicyclic) bond motifs is 2. The molecule has 0 unspecified atom stereocenters. The first-order valence-corrected chi connectivity index (χ1v) is 11.1. The summed E-state index contributed by atoms with van der Waals surface area (Å²) in [6, 6.07) is 10.6. The number of hydrogen-bond donors (Lipinski definition) is 0. The van der Waals surface area contributed by atoms with Gasteiger partial charge >= 0.3 is 0 Å². The maximum atomic E-state index is 12.6. The lowest BCUT2D eigenvalue weighted by Gasteiger charge is -2.38. The fourth-order valence-corrected chi connectivity index (χ4v) is 4.83. The third-order valence-corrected chi connectivity index (χ3v) is 6.65. The molecular formula is C21H25NO5S. The van der Waals surface area contributed by atoms with Crippen LogP contribution >= 0.6 is 0 Å². The Labute approximate surface area is 166 Å². The van der Waals surface area contributed by atoms with Gasteiger partial charge in [0.15, 0.2) is 0 Å². The van der Waals surface area contributed by atoms with Gasteiger partial charge in [0, 0.05) is 12.6 Å². The van der Waals surface area contributed by atoms with Gasteiger partial charge in [0.1, 0.15) is 5.69 Å². The largest absolute Gasteiger partial charge is 0.345 e. The van der Waals surface area contributed by atoms with Gasteiger partial charge in [-0.25, -0.2) is 0 Å². The molecule has 4 rings (SSSR count). The predicted octanol–water partition coefficient (Wildman–Crippen LogP) is 3.34. The van der Waals surface area contributed by atoms with Crippen molar-refractivity contribution in [1.82, 2.24) is 4.98 Å². The summed E-state index contributed by atoms with van der Waals surface area (Å²) in [6.07, 6.45) is 4.70. The third-order valence-electron chi connectivity index (χ3n) is 5.36. The van der Waals surface area contributed by atoms with Crippen LogP contribution in [0.1, 0.15) is 36.1 Å². The standard InChI is InChI=1S/C21H25NO5S/c1-16-5-9-19(10-6-16)28(23,24)27-15-17-7-8-18-4-2-11-22-20(18)21(14-17)25-12-3-13-26-21/h2,4-6,9-11,17H,3,7-8,12-15H2,1H3/t17-/m1/s1. The first-order chi connectivity index (χ1) is 13.5. The van der Waals surface area contributed by atoms with E-state index in [2.05, 4.69) is 4.98 Å². The highest BCUT2D eigenvalue weighted by Crippen LogP contribution is 2.41. The monoisotopic (exact) mass is 403 g/mol. The Bertz CT molecular complexity index is 920. The second-order valence-electron chi connectivity index (χ2n) is 7.48. The molecule has 2 aliphatic rings. The van der Waals surface area contributed by atoms with E-state index < -0.39 is 15.9 Å². The first kappa shape index (κ1) is 19.5. The van der Waals surface area contributed by atoms with Crippen LogP contribution in [-0.2, 0) is 36.0 Å². The molecule has 1 spiro atoms. The lowest BCUT2D eigenvalue weighted by atomic mass is 9.97. The molecule has 0 amide bonds. The highest BCUT2D eigenvalue weighted by molar-refractivity contribution is 7.86. The molecule has 7 heteroatoms. The normalized spacial score (nSPS) is 21.8. The van der Waals surface area contributed by atoms with Crippen LogP contribution in [0.5, 0.6) is 0 Å². The number of hydrogen-bond acceptors (Lipinski definition) is 6. The zero-order valence-electron chi connectivity index (χ0n) is 16.0. The molecule has 1 aromatic heterocycles. The Morgan fingerprint density at radius 1 is 1.18 bits per heavy atom. The summed E-state index contributed by atoms with van der Waals surface area (Å²) in [4.78, 5) is 4.72. The summed E-state index contributed by atoms with van der Waals surface area (Å²) in [5.74, 6) is -0.931. The van der Waals surface area contributed by atoms with Crippen molar-refractivity contribution in [2.45, 2.75) is 43.3 Å². The molecule has 0 saturated carbocycles. The van der Waals surface area contributed by atoms with Gasteiger partial charge in [0.2, 0.25) is 5.79 Å². The molecule has 0 bridgehead atoms. The second kappa shape index (κ2) is 7.91. The first-order valence-electron chi connectivity index (χ1n) is 9.67. The number of nitrogens with zero attached hydrogens (tertiary/aromatic N) is 1. The maximum absolute atomic E-state index is 12.6. The molecule has 0 radical (unpaired) electrons. The number of pyridine rings is 1. The fraction of sp³-hybridized carbons (Fsp3) is 0.476. The summed E-state index contributed by atoms with van der Waals surface area (Å²) in [7, 11) is -3.80. The van der Waals surface area contributed by atoms with Gasteiger partial charge in [0.25, 0.3) is 10.1 Å². The minimum Gasteiger partial charge on any atom is -0.345 e. The Morgan fingerprint density at radius 3 is 2.68 bits per heavy atom. The molecule has 2 heterocycles. The zero-order valence-corrected chi connectivity index (χ0v) is 16.8. The lowest BCUT2D eigenvalue weighted by Crippen LogP contribution is -2.41. The van der Waals surface area contributed by atoms with E-state index in [-0.39, 0.29) is 17.4 Å². The van der Waals surface area contributed by atoms with Gasteiger partial charge in [-0.2, -0.15) is 8.42 Å². The Hall–Kier alpha value is -1.80. The van der Waals surface area contributed by atoms with Gasteiger partial charge in [-0.1, -0.05) is 23.8 Å². The summed E-state index contributed by atoms with van der Waals surface area (Å²) < 4.78 is 42.7. The van der Waals surface area contributed by atoms with Crippen molar-refractivity contribution in [2.75, 3.05) is 19.8 Å². The van der Waals surface area contributed by atoms with Crippen molar-refractivity contribution in [3.05, 3.63) is 59.4 Å². The molecule has 1 atom stereocenters. The maximum Gasteiger partial charge on any atom is 0.296 e. The van der Waals surface area contributed by atoms with E-state index in [1.54, 1.807) is 30.5 Å². The molecular weight excluding hydrogens is 378 g/mol. The molecule has 1 saturated heterocycles. The van der Waals surface area contributed by atoms with Crippen LogP contribution in [0.15, 0.2) is 47.5 Å². The van der Waals surface area contributed by atoms with Crippen LogP contribution in [0.4, 0.5) is 0 Å². The van der Waals surface area contributed by atoms with Crippen LogP contribution in [0, 0.1) is 12.8 Å². The van der Waals surface area contributed by atoms with Crippen LogP contribution in [0.2, 0.25) is 0 Å². The summed E-state index contributed by atoms with van der Waals surface area (Å²) in [5, 5.41) is 0. The summed E-state index contributed by atoms with van der Waals surface area (Å²) >= 11 is 0. The lowest BCUT2D eigenvalue weighted by molar-refractivity contribution is -0.287. The van der Waals surface area contributed by atoms with Crippen LogP contribution in [0.3, 0.4) is 0 Å². The molecule has 1 fully saturated rings. The predicted molar refractivity (Wildman–Crippen MR) is 103 cm³/mol. The number of ether oxygens (including phenoxy) is 2. The fourth-order valence-electron chi connectivity index (χ4n) is 3.85. The van der Waals surface area contributed by atoms with E-state index in [9.17, 15) is 8.42 Å². The second-order valence-corrected chi connectivity index (χ2v) is 9.09. The van der Waals surface area contributed by atoms with Crippen molar-refractivity contribution in [2.24, 2.45) is 5.92 Å². The van der Waals surface area contributed by atoms with Crippen molar-refractivity contribution >= 4 is 10.1 Å². The summed E-state index contributed by atoms with van der Waals surface area (Å²) in [6.45, 7) is 3.22. The average molecular weight is 404 g/mol. The van der Waals surface area contributed by atoms with Gasteiger partial charge in [-0.05, 0) is 55.9 Å². The molecule has 1 aromatic carbocycles. The Morgan fingerprint density at radius 2 is 1.93 bits per heavy atom. The zero-order chi connectivity index (χ0) is 19.6. The van der Waals surface area contributed by atoms with E-state index in [4.69, 9.17) is 13.7 Å². The minimum atomic E-state index is -3.80. The van der Waals surface area contributed by atoms with Gasteiger partial charge in [-0.15, -0.1) is 0 Å². The van der Waals surface area contributed by atoms with Crippen LogP contribution in [0.25, 0.3) is 0 Å². The van der Waals surface area contributed by atoms with E-state index in [1.165, 1.54) is 0 Å². The Balaban J connectivity index is 1.52. The molecule has 2 aromatic rings. The number of rotatable bonds is 4. The van der Waals surface area contributed by atoms with Crippen molar-refractivity contribution < 1.29 is 22.1 Å². The van der Waals surface area contributed by atoms with E-state index in [0.29, 0.717) is 19.6 Å². The number of aryl methyl sites for hydroxylation is 2. The molecule has 1 aliphatic heterocycles. The van der Waals surface area contributed by atoms with E-state index >= 15 is 0 Å². The quantitative estimate of drug-likeness (QED) is 0.729. The number of aromatic nitrogens is 1. The smallest absolute Gasteiger partial charge is 0.296 e. The van der Waals surface area contributed by atoms with E-state index in [1.807, 2.05) is 19.1 Å². The molecule has 28 heavy (non-hydrogen) atoms. The van der Waals surface area contributed by atoms with Gasteiger partial charge in [0.05, 0.1) is 24.7 Å². The average Bonchev–Trinajstić information content (AvgIpc) is 2.85. The van der Waals surface area contributed by atoms with Crippen LogP contribution in [-0.4, -0.2) is 33.2 Å². The number of benzene rings is 1. The molecule has 1 aliphatic carbocycles. The summed E-state index contributed by atoms with van der Waals surface area (Å²) in [5.41, 5.74) is 2.91. The highest BCUT2D eigenvalue weighted by atomic mass is 32.2. The SMILES string of the molecule is Cc1ccc(S(=O)(=O)OC[C@@H]2CCc3cccnc3C3(C2)OCCCO3)cc1. The molecule has 6 nitrogen and oxygen atoms in total. The van der Waals surface area contributed by atoms with Crippen molar-refractivity contribution in [1.29, 1.82) is 0 Å². The molecule has 0 N–H and O–H groups in total. The van der Waals surface area contributed by atoms with Gasteiger partial charge in [-0.3, -0.25) is 9.17 Å². The third kappa shape index (κ3) is 3.98. The Kier molecular flexibility index (Phi) is 5.51.